The second-order valence-electron chi connectivity index (χ2n) is 5.19. The molecule has 0 saturated heterocycles. The van der Waals surface area contributed by atoms with Gasteiger partial charge in [-0.05, 0) is 50.1 Å². The number of halogens is 1. The molecule has 4 heteroatoms. The zero-order valence-corrected chi connectivity index (χ0v) is 12.8. The van der Waals surface area contributed by atoms with Gasteiger partial charge in [-0.15, -0.1) is 0 Å². The van der Waals surface area contributed by atoms with Gasteiger partial charge in [-0.25, -0.2) is 4.39 Å². The minimum absolute atomic E-state index is 0.296. The van der Waals surface area contributed by atoms with Crippen LogP contribution in [-0.4, -0.2) is 6.54 Å². The summed E-state index contributed by atoms with van der Waals surface area (Å²) in [5.41, 5.74) is 2.01. The van der Waals surface area contributed by atoms with Crippen molar-refractivity contribution >= 4 is 0 Å². The van der Waals surface area contributed by atoms with Crippen LogP contribution in [0.25, 0.3) is 0 Å². The molecule has 0 fully saturated rings. The first-order valence-electron chi connectivity index (χ1n) is 7.28. The molecule has 0 bridgehead atoms. The predicted octanol–water partition coefficient (Wildman–Crippen LogP) is 4.11. The lowest BCUT2D eigenvalue weighted by Gasteiger charge is -2.07. The third kappa shape index (κ3) is 4.33. The monoisotopic (exact) mass is 291 g/mol. The van der Waals surface area contributed by atoms with Gasteiger partial charge in [-0.3, -0.25) is 0 Å². The first-order chi connectivity index (χ1) is 10.1. The minimum atomic E-state index is -0.296. The quantitative estimate of drug-likeness (QED) is 0.779. The Kier molecular flexibility index (Phi) is 5.39. The molecule has 114 valence electrons. The fourth-order valence-corrected chi connectivity index (χ4v) is 2.09. The van der Waals surface area contributed by atoms with Crippen molar-refractivity contribution in [3.63, 3.8) is 0 Å². The van der Waals surface area contributed by atoms with Crippen LogP contribution in [-0.2, 0) is 13.2 Å². The average Bonchev–Trinajstić information content (AvgIpc) is 2.81. The molecule has 1 N–H and O–H groups in total. The van der Waals surface area contributed by atoms with Crippen molar-refractivity contribution in [1.29, 1.82) is 0 Å². The van der Waals surface area contributed by atoms with Gasteiger partial charge in [-0.1, -0.05) is 13.0 Å². The standard InChI is InChI=1S/C17H22FNO2/c1-4-7-19-10-17-13(3)8-15(21-17)11-20-16-9-14(18)6-5-12(16)2/h5-6,8-9,19H,4,7,10-11H2,1-3H3. The fraction of sp³-hybridized carbons (Fsp3) is 0.412. The zero-order valence-electron chi connectivity index (χ0n) is 12.8. The summed E-state index contributed by atoms with van der Waals surface area (Å²) in [4.78, 5) is 0. The van der Waals surface area contributed by atoms with E-state index < -0.39 is 0 Å². The number of nitrogens with one attached hydrogen (secondary N) is 1. The van der Waals surface area contributed by atoms with Gasteiger partial charge in [-0.2, -0.15) is 0 Å². The Bertz CT molecular complexity index is 592. The van der Waals surface area contributed by atoms with Crippen LogP contribution in [0.1, 0.15) is 36.0 Å². The van der Waals surface area contributed by atoms with Crippen molar-refractivity contribution in [1.82, 2.24) is 5.32 Å². The summed E-state index contributed by atoms with van der Waals surface area (Å²) < 4.78 is 24.6. The molecule has 0 aliphatic heterocycles. The molecule has 0 aliphatic carbocycles. The van der Waals surface area contributed by atoms with E-state index in [2.05, 4.69) is 12.2 Å². The molecular formula is C17H22FNO2. The Labute approximate surface area is 125 Å². The van der Waals surface area contributed by atoms with E-state index in [4.69, 9.17) is 9.15 Å². The number of furan rings is 1. The smallest absolute Gasteiger partial charge is 0.146 e. The van der Waals surface area contributed by atoms with Crippen molar-refractivity contribution in [2.45, 2.75) is 40.3 Å². The summed E-state index contributed by atoms with van der Waals surface area (Å²) in [5.74, 6) is 1.94. The topological polar surface area (TPSA) is 34.4 Å². The summed E-state index contributed by atoms with van der Waals surface area (Å²) in [6.45, 7) is 8.03. The molecule has 2 aromatic rings. The second-order valence-corrected chi connectivity index (χ2v) is 5.19. The molecule has 3 nitrogen and oxygen atoms in total. The van der Waals surface area contributed by atoms with Crippen LogP contribution >= 0.6 is 0 Å². The van der Waals surface area contributed by atoms with Crippen LogP contribution in [0.4, 0.5) is 4.39 Å². The van der Waals surface area contributed by atoms with Crippen LogP contribution in [0.3, 0.4) is 0 Å². The molecule has 21 heavy (non-hydrogen) atoms. The lowest BCUT2D eigenvalue weighted by Crippen LogP contribution is -2.13. The van der Waals surface area contributed by atoms with Crippen molar-refractivity contribution in [3.8, 4) is 5.75 Å². The fourth-order valence-electron chi connectivity index (χ4n) is 2.09. The Hall–Kier alpha value is -1.81. The molecule has 0 saturated carbocycles. The third-order valence-electron chi connectivity index (χ3n) is 3.30. The van der Waals surface area contributed by atoms with E-state index in [9.17, 15) is 4.39 Å². The van der Waals surface area contributed by atoms with Gasteiger partial charge in [0, 0.05) is 6.07 Å². The second kappa shape index (κ2) is 7.27. The van der Waals surface area contributed by atoms with E-state index in [1.165, 1.54) is 12.1 Å². The highest BCUT2D eigenvalue weighted by atomic mass is 19.1. The van der Waals surface area contributed by atoms with Gasteiger partial charge in [0.1, 0.15) is 29.7 Å². The van der Waals surface area contributed by atoms with Gasteiger partial charge < -0.3 is 14.5 Å². The van der Waals surface area contributed by atoms with E-state index in [-0.39, 0.29) is 5.82 Å². The van der Waals surface area contributed by atoms with Crippen LogP contribution < -0.4 is 10.1 Å². The van der Waals surface area contributed by atoms with Crippen LogP contribution in [0, 0.1) is 19.7 Å². The van der Waals surface area contributed by atoms with Crippen molar-refractivity contribution in [2.75, 3.05) is 6.54 Å². The van der Waals surface area contributed by atoms with Crippen molar-refractivity contribution < 1.29 is 13.5 Å². The molecule has 0 unspecified atom stereocenters. The third-order valence-corrected chi connectivity index (χ3v) is 3.30. The van der Waals surface area contributed by atoms with Gasteiger partial charge in [0.15, 0.2) is 0 Å². The highest BCUT2D eigenvalue weighted by Gasteiger charge is 2.09. The Morgan fingerprint density at radius 3 is 2.76 bits per heavy atom. The highest BCUT2D eigenvalue weighted by Crippen LogP contribution is 2.21. The van der Waals surface area contributed by atoms with Crippen molar-refractivity contribution in [3.05, 3.63) is 52.7 Å². The summed E-state index contributed by atoms with van der Waals surface area (Å²) in [6.07, 6.45) is 1.09. The molecule has 0 amide bonds. The first-order valence-corrected chi connectivity index (χ1v) is 7.28. The van der Waals surface area contributed by atoms with E-state index in [0.717, 1.165) is 42.2 Å². The molecule has 1 aromatic carbocycles. The molecule has 1 heterocycles. The highest BCUT2D eigenvalue weighted by molar-refractivity contribution is 5.32. The molecule has 0 aliphatic rings. The van der Waals surface area contributed by atoms with E-state index in [1.807, 2.05) is 19.9 Å². The molecule has 0 radical (unpaired) electrons. The summed E-state index contributed by atoms with van der Waals surface area (Å²) in [7, 11) is 0. The van der Waals surface area contributed by atoms with Gasteiger partial charge in [0.25, 0.3) is 0 Å². The van der Waals surface area contributed by atoms with Gasteiger partial charge in [0.05, 0.1) is 6.54 Å². The largest absolute Gasteiger partial charge is 0.485 e. The van der Waals surface area contributed by atoms with Crippen molar-refractivity contribution in [2.24, 2.45) is 0 Å². The lowest BCUT2D eigenvalue weighted by molar-refractivity contribution is 0.262. The Balaban J connectivity index is 1.97. The number of aryl methyl sites for hydroxylation is 2. The maximum atomic E-state index is 13.2. The molecule has 0 atom stereocenters. The first kappa shape index (κ1) is 15.6. The predicted molar refractivity (Wildman–Crippen MR) is 80.9 cm³/mol. The SMILES string of the molecule is CCCNCc1oc(COc2cc(F)ccc2C)cc1C. The number of rotatable bonds is 7. The summed E-state index contributed by atoms with van der Waals surface area (Å²) in [5, 5.41) is 3.31. The molecule has 0 spiro atoms. The van der Waals surface area contributed by atoms with E-state index in [1.54, 1.807) is 6.07 Å². The number of hydrogen-bond donors (Lipinski definition) is 1. The van der Waals surface area contributed by atoms with Crippen LogP contribution in [0.2, 0.25) is 0 Å². The maximum Gasteiger partial charge on any atom is 0.146 e. The van der Waals surface area contributed by atoms with Gasteiger partial charge >= 0.3 is 0 Å². The Morgan fingerprint density at radius 2 is 2.00 bits per heavy atom. The van der Waals surface area contributed by atoms with Crippen LogP contribution in [0.15, 0.2) is 28.7 Å². The molecular weight excluding hydrogens is 269 g/mol. The summed E-state index contributed by atoms with van der Waals surface area (Å²) in [6, 6.07) is 6.50. The Morgan fingerprint density at radius 1 is 1.19 bits per heavy atom. The number of hydrogen-bond acceptors (Lipinski definition) is 3. The minimum Gasteiger partial charge on any atom is -0.485 e. The summed E-state index contributed by atoms with van der Waals surface area (Å²) >= 11 is 0. The molecule has 1 aromatic heterocycles. The van der Waals surface area contributed by atoms with E-state index in [0.29, 0.717) is 12.4 Å². The normalized spacial score (nSPS) is 10.9. The maximum absolute atomic E-state index is 13.2. The van der Waals surface area contributed by atoms with Gasteiger partial charge in [0.2, 0.25) is 0 Å². The van der Waals surface area contributed by atoms with Crippen LogP contribution in [0.5, 0.6) is 5.75 Å². The molecule has 2 rings (SSSR count). The lowest BCUT2D eigenvalue weighted by atomic mass is 10.2. The average molecular weight is 291 g/mol. The van der Waals surface area contributed by atoms with E-state index >= 15 is 0 Å². The number of ether oxygens (including phenoxy) is 1. The number of benzene rings is 1. The zero-order chi connectivity index (χ0) is 15.2.